The first-order chi connectivity index (χ1) is 8.60. The third kappa shape index (κ3) is 2.82. The van der Waals surface area contributed by atoms with Crippen LogP contribution < -0.4 is 16.6 Å². The van der Waals surface area contributed by atoms with Gasteiger partial charge < -0.3 is 10.7 Å². The Morgan fingerprint density at radius 2 is 2.17 bits per heavy atom. The molecular formula is C14H21N3O. The number of rotatable bonds is 3. The summed E-state index contributed by atoms with van der Waals surface area (Å²) in [5.74, 6) is 6.11. The summed E-state index contributed by atoms with van der Waals surface area (Å²) in [4.78, 5) is 12.1. The number of nitrogens with two attached hydrogens (primary N) is 1. The smallest absolute Gasteiger partial charge is 0.251 e. The number of benzene rings is 1. The van der Waals surface area contributed by atoms with Crippen molar-refractivity contribution >= 4 is 11.6 Å². The molecule has 98 valence electrons. The van der Waals surface area contributed by atoms with Crippen molar-refractivity contribution in [2.45, 2.75) is 39.2 Å². The first kappa shape index (κ1) is 12.9. The van der Waals surface area contributed by atoms with Crippen LogP contribution >= 0.6 is 0 Å². The van der Waals surface area contributed by atoms with E-state index in [-0.39, 0.29) is 5.91 Å². The lowest BCUT2D eigenvalue weighted by Crippen LogP contribution is -2.32. The molecule has 0 aromatic heterocycles. The molecule has 0 bridgehead atoms. The number of nitrogen functional groups attached to an aromatic ring is 1. The summed E-state index contributed by atoms with van der Waals surface area (Å²) in [6, 6.07) is 5.83. The topological polar surface area (TPSA) is 67.2 Å². The van der Waals surface area contributed by atoms with Crippen LogP contribution in [0.2, 0.25) is 0 Å². The number of amides is 1. The number of carbonyl (C=O) groups excluding carboxylic acids is 1. The Labute approximate surface area is 108 Å². The van der Waals surface area contributed by atoms with E-state index in [1.807, 2.05) is 19.1 Å². The third-order valence-electron chi connectivity index (χ3n) is 3.67. The van der Waals surface area contributed by atoms with Gasteiger partial charge in [-0.2, -0.15) is 0 Å². The second-order valence-electron chi connectivity index (χ2n) is 5.26. The predicted molar refractivity (Wildman–Crippen MR) is 73.3 cm³/mol. The molecule has 0 spiro atoms. The highest BCUT2D eigenvalue weighted by atomic mass is 16.1. The monoisotopic (exact) mass is 247 g/mol. The van der Waals surface area contributed by atoms with E-state index >= 15 is 0 Å². The van der Waals surface area contributed by atoms with E-state index in [1.165, 1.54) is 6.42 Å². The number of hydrogen-bond donors (Lipinski definition) is 3. The molecule has 1 amide bonds. The summed E-state index contributed by atoms with van der Waals surface area (Å²) < 4.78 is 0. The van der Waals surface area contributed by atoms with Crippen molar-refractivity contribution in [1.82, 2.24) is 5.32 Å². The summed E-state index contributed by atoms with van der Waals surface area (Å²) in [6.45, 7) is 4.17. The molecule has 4 N–H and O–H groups in total. The van der Waals surface area contributed by atoms with Gasteiger partial charge in [-0.15, -0.1) is 0 Å². The van der Waals surface area contributed by atoms with Gasteiger partial charge in [-0.05, 0) is 55.9 Å². The molecule has 1 fully saturated rings. The number of hydrogen-bond acceptors (Lipinski definition) is 3. The zero-order valence-corrected chi connectivity index (χ0v) is 11.0. The van der Waals surface area contributed by atoms with Gasteiger partial charge in [-0.25, -0.2) is 0 Å². The van der Waals surface area contributed by atoms with Crippen molar-refractivity contribution in [2.75, 3.05) is 5.43 Å². The molecule has 2 atom stereocenters. The van der Waals surface area contributed by atoms with Crippen molar-refractivity contribution in [2.24, 2.45) is 11.8 Å². The van der Waals surface area contributed by atoms with Crippen LogP contribution in [-0.4, -0.2) is 11.9 Å². The van der Waals surface area contributed by atoms with Gasteiger partial charge in [-0.3, -0.25) is 10.6 Å². The second-order valence-corrected chi connectivity index (χ2v) is 5.26. The highest BCUT2D eigenvalue weighted by Gasteiger charge is 2.23. The van der Waals surface area contributed by atoms with Crippen molar-refractivity contribution < 1.29 is 4.79 Å². The first-order valence-corrected chi connectivity index (χ1v) is 6.48. The normalized spacial score (nSPS) is 22.8. The van der Waals surface area contributed by atoms with Crippen LogP contribution in [0.25, 0.3) is 0 Å². The lowest BCUT2D eigenvalue weighted by atomic mass is 10.1. The summed E-state index contributed by atoms with van der Waals surface area (Å²) in [5, 5.41) is 3.10. The summed E-state index contributed by atoms with van der Waals surface area (Å²) >= 11 is 0. The Hall–Kier alpha value is -1.55. The minimum absolute atomic E-state index is 0.0146. The van der Waals surface area contributed by atoms with E-state index in [4.69, 9.17) is 5.84 Å². The average molecular weight is 247 g/mol. The molecule has 0 saturated heterocycles. The van der Waals surface area contributed by atoms with Crippen molar-refractivity contribution in [3.63, 3.8) is 0 Å². The van der Waals surface area contributed by atoms with E-state index < -0.39 is 0 Å². The van der Waals surface area contributed by atoms with Crippen LogP contribution in [0, 0.1) is 12.8 Å². The Balaban J connectivity index is 2.02. The van der Waals surface area contributed by atoms with Gasteiger partial charge in [0.2, 0.25) is 0 Å². The number of aryl methyl sites for hydroxylation is 1. The predicted octanol–water partition coefficient (Wildman–Crippen LogP) is 2.20. The molecule has 1 saturated carbocycles. The fourth-order valence-corrected chi connectivity index (χ4v) is 2.57. The molecule has 1 aliphatic carbocycles. The van der Waals surface area contributed by atoms with Crippen molar-refractivity contribution in [3.8, 4) is 0 Å². The van der Waals surface area contributed by atoms with Gasteiger partial charge in [0.25, 0.3) is 5.91 Å². The Morgan fingerprint density at radius 1 is 1.39 bits per heavy atom. The molecule has 0 aliphatic heterocycles. The fraction of sp³-hybridized carbons (Fsp3) is 0.500. The zero-order chi connectivity index (χ0) is 13.1. The van der Waals surface area contributed by atoms with E-state index in [9.17, 15) is 4.79 Å². The molecular weight excluding hydrogens is 226 g/mol. The third-order valence-corrected chi connectivity index (χ3v) is 3.67. The standard InChI is InChI=1S/C14H21N3O/c1-9-3-5-12(7-9)16-14(18)11-4-6-13(17-15)10(2)8-11/h4,6,8-9,12,17H,3,5,7,15H2,1-2H3,(H,16,18). The van der Waals surface area contributed by atoms with Crippen LogP contribution in [-0.2, 0) is 0 Å². The van der Waals surface area contributed by atoms with E-state index in [0.717, 1.165) is 30.0 Å². The number of anilines is 1. The van der Waals surface area contributed by atoms with Crippen LogP contribution in [0.3, 0.4) is 0 Å². The second kappa shape index (κ2) is 5.40. The fourth-order valence-electron chi connectivity index (χ4n) is 2.57. The minimum atomic E-state index is 0.0146. The number of hydrazine groups is 1. The molecule has 2 rings (SSSR count). The molecule has 0 radical (unpaired) electrons. The van der Waals surface area contributed by atoms with Crippen molar-refractivity contribution in [1.29, 1.82) is 0 Å². The SMILES string of the molecule is Cc1cc(C(=O)NC2CCC(C)C2)ccc1NN. The molecule has 1 aromatic carbocycles. The molecule has 4 heteroatoms. The maximum absolute atomic E-state index is 12.1. The van der Waals surface area contributed by atoms with Crippen LogP contribution in [0.15, 0.2) is 18.2 Å². The highest BCUT2D eigenvalue weighted by molar-refractivity contribution is 5.95. The van der Waals surface area contributed by atoms with Gasteiger partial charge in [0.05, 0.1) is 5.69 Å². The Morgan fingerprint density at radius 3 is 2.72 bits per heavy atom. The lowest BCUT2D eigenvalue weighted by Gasteiger charge is -2.13. The van der Waals surface area contributed by atoms with E-state index in [0.29, 0.717) is 11.6 Å². The Kier molecular flexibility index (Phi) is 3.87. The summed E-state index contributed by atoms with van der Waals surface area (Å²) in [6.07, 6.45) is 3.39. The van der Waals surface area contributed by atoms with Gasteiger partial charge in [0.1, 0.15) is 0 Å². The van der Waals surface area contributed by atoms with Gasteiger partial charge >= 0.3 is 0 Å². The largest absolute Gasteiger partial charge is 0.349 e. The molecule has 1 aromatic rings. The molecule has 2 unspecified atom stereocenters. The van der Waals surface area contributed by atoms with E-state index in [1.54, 1.807) is 6.07 Å². The molecule has 18 heavy (non-hydrogen) atoms. The molecule has 0 heterocycles. The van der Waals surface area contributed by atoms with Crippen LogP contribution in [0.1, 0.15) is 42.1 Å². The highest BCUT2D eigenvalue weighted by Crippen LogP contribution is 2.25. The van der Waals surface area contributed by atoms with E-state index in [2.05, 4.69) is 17.7 Å². The summed E-state index contributed by atoms with van der Waals surface area (Å²) in [7, 11) is 0. The first-order valence-electron chi connectivity index (χ1n) is 6.48. The Bertz CT molecular complexity index is 445. The molecule has 1 aliphatic rings. The maximum atomic E-state index is 12.1. The lowest BCUT2D eigenvalue weighted by molar-refractivity contribution is 0.0937. The maximum Gasteiger partial charge on any atom is 0.251 e. The number of carbonyl (C=O) groups is 1. The van der Waals surface area contributed by atoms with Crippen LogP contribution in [0.5, 0.6) is 0 Å². The van der Waals surface area contributed by atoms with Gasteiger partial charge in [-0.1, -0.05) is 6.92 Å². The molecule has 4 nitrogen and oxygen atoms in total. The quantitative estimate of drug-likeness (QED) is 0.566. The average Bonchev–Trinajstić information content (AvgIpc) is 2.74. The minimum Gasteiger partial charge on any atom is -0.349 e. The zero-order valence-electron chi connectivity index (χ0n) is 11.0. The summed E-state index contributed by atoms with van der Waals surface area (Å²) in [5.41, 5.74) is 5.13. The van der Waals surface area contributed by atoms with Gasteiger partial charge in [0, 0.05) is 11.6 Å². The number of nitrogens with one attached hydrogen (secondary N) is 2. The van der Waals surface area contributed by atoms with Crippen LogP contribution in [0.4, 0.5) is 5.69 Å². The van der Waals surface area contributed by atoms with Gasteiger partial charge in [0.15, 0.2) is 0 Å². The van der Waals surface area contributed by atoms with Crippen molar-refractivity contribution in [3.05, 3.63) is 29.3 Å².